The first-order valence-corrected chi connectivity index (χ1v) is 13.7. The molecule has 42 heavy (non-hydrogen) atoms. The Morgan fingerprint density at radius 3 is 2.52 bits per heavy atom. The minimum atomic E-state index is -0.397. The summed E-state index contributed by atoms with van der Waals surface area (Å²) in [5.74, 6) is 1.99. The van der Waals surface area contributed by atoms with Crippen LogP contribution in [-0.4, -0.2) is 61.8 Å². The van der Waals surface area contributed by atoms with Crippen LogP contribution in [0, 0.1) is 0 Å². The Bertz CT molecular complexity index is 1680. The Balaban J connectivity index is 1.14. The largest absolute Gasteiger partial charge is 0.466 e. The molecule has 0 unspecified atom stereocenters. The summed E-state index contributed by atoms with van der Waals surface area (Å²) in [5.41, 5.74) is 6.23. The SMILES string of the molecule is C=C1N=C(c2ccc(CN3CC(c4nc(-c5ccccn5)n[nH]4)C3)cc2)C(c2ccccc2)=CN1/C=C(\C)C(=O)OC. The van der Waals surface area contributed by atoms with Crippen molar-refractivity contribution in [2.75, 3.05) is 20.2 Å². The molecule has 1 fully saturated rings. The highest BCUT2D eigenvalue weighted by atomic mass is 16.5. The van der Waals surface area contributed by atoms with Gasteiger partial charge in [-0.25, -0.2) is 14.8 Å². The summed E-state index contributed by atoms with van der Waals surface area (Å²) < 4.78 is 4.85. The molecule has 210 valence electrons. The molecule has 9 nitrogen and oxygen atoms in total. The molecular weight excluding hydrogens is 526 g/mol. The summed E-state index contributed by atoms with van der Waals surface area (Å²) in [5, 5.41) is 7.44. The molecule has 2 aliphatic heterocycles. The monoisotopic (exact) mass is 557 g/mol. The zero-order valence-electron chi connectivity index (χ0n) is 23.6. The van der Waals surface area contributed by atoms with E-state index in [4.69, 9.17) is 9.73 Å². The highest BCUT2D eigenvalue weighted by Crippen LogP contribution is 2.30. The van der Waals surface area contributed by atoms with Crippen molar-refractivity contribution in [1.29, 1.82) is 0 Å². The number of aromatic nitrogens is 4. The van der Waals surface area contributed by atoms with Gasteiger partial charge in [-0.15, -0.1) is 0 Å². The van der Waals surface area contributed by atoms with Gasteiger partial charge in [-0.05, 0) is 30.2 Å². The number of H-pyrrole nitrogens is 1. The second-order valence-corrected chi connectivity index (χ2v) is 10.3. The van der Waals surface area contributed by atoms with Gasteiger partial charge >= 0.3 is 5.97 Å². The number of likely N-dealkylation sites (tertiary alicyclic amines) is 1. The predicted molar refractivity (Wildman–Crippen MR) is 162 cm³/mol. The van der Waals surface area contributed by atoms with Gasteiger partial charge in [-0.2, -0.15) is 5.10 Å². The van der Waals surface area contributed by atoms with Crippen molar-refractivity contribution >= 4 is 17.3 Å². The van der Waals surface area contributed by atoms with Crippen molar-refractivity contribution in [3.8, 4) is 11.5 Å². The van der Waals surface area contributed by atoms with Crippen molar-refractivity contribution in [3.63, 3.8) is 0 Å². The van der Waals surface area contributed by atoms with Crippen LogP contribution in [-0.2, 0) is 16.1 Å². The molecular formula is C33H31N7O2. The topological polar surface area (TPSA) is 99.6 Å². The van der Waals surface area contributed by atoms with E-state index < -0.39 is 5.97 Å². The Hall–Kier alpha value is -5.15. The Kier molecular flexibility index (Phi) is 7.57. The van der Waals surface area contributed by atoms with Crippen LogP contribution in [0.1, 0.15) is 35.4 Å². The van der Waals surface area contributed by atoms with Crippen molar-refractivity contribution in [2.45, 2.75) is 19.4 Å². The molecule has 2 aliphatic rings. The highest BCUT2D eigenvalue weighted by molar-refractivity contribution is 6.32. The molecule has 0 aliphatic carbocycles. The second kappa shape index (κ2) is 11.8. The molecule has 1 saturated heterocycles. The van der Waals surface area contributed by atoms with Gasteiger partial charge in [0.1, 0.15) is 17.3 Å². The van der Waals surface area contributed by atoms with Crippen LogP contribution in [0.15, 0.2) is 114 Å². The van der Waals surface area contributed by atoms with E-state index >= 15 is 0 Å². The highest BCUT2D eigenvalue weighted by Gasteiger charge is 2.31. The normalized spacial score (nSPS) is 16.1. The fraction of sp³-hybridized carbons (Fsp3) is 0.182. The minimum absolute atomic E-state index is 0.329. The third-order valence-electron chi connectivity index (χ3n) is 7.36. The number of hydrogen-bond acceptors (Lipinski definition) is 8. The van der Waals surface area contributed by atoms with Crippen LogP contribution < -0.4 is 0 Å². The van der Waals surface area contributed by atoms with E-state index in [1.807, 2.05) is 54.7 Å². The van der Waals surface area contributed by atoms with Gasteiger partial charge < -0.3 is 9.64 Å². The van der Waals surface area contributed by atoms with Gasteiger partial charge in [-0.1, -0.05) is 67.2 Å². The smallest absolute Gasteiger partial charge is 0.334 e. The van der Waals surface area contributed by atoms with Gasteiger partial charge in [0, 0.05) is 55.3 Å². The Morgan fingerprint density at radius 2 is 1.81 bits per heavy atom. The maximum atomic E-state index is 12.0. The summed E-state index contributed by atoms with van der Waals surface area (Å²) in [6, 6.07) is 24.3. The van der Waals surface area contributed by atoms with Crippen LogP contribution >= 0.6 is 0 Å². The first-order chi connectivity index (χ1) is 20.5. The number of carbonyl (C=O) groups excluding carboxylic acids is 1. The van der Waals surface area contributed by atoms with E-state index in [2.05, 4.69) is 55.9 Å². The third-order valence-corrected chi connectivity index (χ3v) is 7.36. The molecule has 0 radical (unpaired) electrons. The van der Waals surface area contributed by atoms with Gasteiger partial charge in [0.2, 0.25) is 0 Å². The van der Waals surface area contributed by atoms with Crippen molar-refractivity contribution in [1.82, 2.24) is 30.0 Å². The van der Waals surface area contributed by atoms with Crippen LogP contribution in [0.3, 0.4) is 0 Å². The van der Waals surface area contributed by atoms with Gasteiger partial charge in [0.15, 0.2) is 5.82 Å². The van der Waals surface area contributed by atoms with Gasteiger partial charge in [-0.3, -0.25) is 15.0 Å². The van der Waals surface area contributed by atoms with Crippen molar-refractivity contribution < 1.29 is 9.53 Å². The number of hydrogen-bond donors (Lipinski definition) is 1. The number of rotatable bonds is 8. The number of methoxy groups -OCH3 is 1. The number of benzene rings is 2. The lowest BCUT2D eigenvalue weighted by atomic mass is 9.94. The lowest BCUT2D eigenvalue weighted by Gasteiger charge is -2.38. The number of aromatic amines is 1. The minimum Gasteiger partial charge on any atom is -0.466 e. The molecule has 0 saturated carbocycles. The number of nitrogens with zero attached hydrogens (tertiary/aromatic N) is 6. The zero-order valence-corrected chi connectivity index (χ0v) is 23.6. The molecule has 1 N–H and O–H groups in total. The summed E-state index contributed by atoms with van der Waals surface area (Å²) in [7, 11) is 1.37. The summed E-state index contributed by atoms with van der Waals surface area (Å²) in [4.78, 5) is 30.0. The number of allylic oxidation sites excluding steroid dienone is 1. The van der Waals surface area contributed by atoms with Gasteiger partial charge in [0.05, 0.1) is 18.4 Å². The average molecular weight is 558 g/mol. The summed E-state index contributed by atoms with van der Waals surface area (Å²) >= 11 is 0. The zero-order chi connectivity index (χ0) is 29.1. The molecule has 0 amide bonds. The Labute approximate surface area is 244 Å². The number of ether oxygens (including phenoxy) is 1. The maximum absolute atomic E-state index is 12.0. The molecule has 0 atom stereocenters. The number of esters is 1. The second-order valence-electron chi connectivity index (χ2n) is 10.3. The van der Waals surface area contributed by atoms with E-state index in [9.17, 15) is 4.79 Å². The number of nitrogens with one attached hydrogen (secondary N) is 1. The lowest BCUT2D eigenvalue weighted by molar-refractivity contribution is -0.136. The maximum Gasteiger partial charge on any atom is 0.334 e. The molecule has 9 heteroatoms. The molecule has 2 aromatic heterocycles. The number of pyridine rings is 1. The quantitative estimate of drug-likeness (QED) is 0.236. The molecule has 0 bridgehead atoms. The summed E-state index contributed by atoms with van der Waals surface area (Å²) in [6.45, 7) is 8.53. The Morgan fingerprint density at radius 1 is 1.05 bits per heavy atom. The number of aliphatic imine (C=N–C) groups is 1. The van der Waals surface area contributed by atoms with Crippen LogP contribution in [0.25, 0.3) is 17.1 Å². The van der Waals surface area contributed by atoms with Crippen LogP contribution in [0.4, 0.5) is 0 Å². The third kappa shape index (κ3) is 5.68. The van der Waals surface area contributed by atoms with E-state index in [0.29, 0.717) is 23.1 Å². The first kappa shape index (κ1) is 27.0. The fourth-order valence-corrected chi connectivity index (χ4v) is 5.07. The van der Waals surface area contributed by atoms with E-state index in [1.165, 1.54) is 12.7 Å². The molecule has 4 aromatic rings. The average Bonchev–Trinajstić information content (AvgIpc) is 3.50. The van der Waals surface area contributed by atoms with Crippen LogP contribution in [0.2, 0.25) is 0 Å². The standard InChI is InChI=1S/C33H31N7O2/c1-22(33(41)42-3)17-40-21-28(25-9-5-4-6-10-25)30(35-23(40)2)26-14-12-24(13-15-26)18-39-19-27(20-39)31-36-32(38-37-31)29-11-7-8-16-34-29/h4-17,21,27H,2,18-20H2,1,3H3,(H,36,37,38)/b22-17+. The first-order valence-electron chi connectivity index (χ1n) is 13.7. The molecule has 6 rings (SSSR count). The lowest BCUT2D eigenvalue weighted by Crippen LogP contribution is -2.44. The molecule has 4 heterocycles. The molecule has 2 aromatic carbocycles. The van der Waals surface area contributed by atoms with Crippen LogP contribution in [0.5, 0.6) is 0 Å². The molecule has 0 spiro atoms. The fourth-order valence-electron chi connectivity index (χ4n) is 5.07. The van der Waals surface area contributed by atoms with E-state index in [1.54, 1.807) is 24.2 Å². The predicted octanol–water partition coefficient (Wildman–Crippen LogP) is 5.16. The number of carbonyl (C=O) groups is 1. The van der Waals surface area contributed by atoms with Crippen molar-refractivity contribution in [2.24, 2.45) is 4.99 Å². The van der Waals surface area contributed by atoms with Gasteiger partial charge in [0.25, 0.3) is 0 Å². The van der Waals surface area contributed by atoms with E-state index in [-0.39, 0.29) is 0 Å². The van der Waals surface area contributed by atoms with E-state index in [0.717, 1.165) is 53.6 Å². The van der Waals surface area contributed by atoms with Crippen molar-refractivity contribution in [3.05, 3.63) is 132 Å². The summed E-state index contributed by atoms with van der Waals surface area (Å²) in [6.07, 6.45) is 5.40.